The lowest BCUT2D eigenvalue weighted by Crippen LogP contribution is -2.30. The van der Waals surface area contributed by atoms with Gasteiger partial charge in [0.05, 0.1) is 0 Å². The molecule has 0 aliphatic carbocycles. The van der Waals surface area contributed by atoms with E-state index in [4.69, 9.17) is 11.6 Å². The Morgan fingerprint density at radius 1 is 1.21 bits per heavy atom. The second-order valence-corrected chi connectivity index (χ2v) is 4.65. The largest absolute Gasteiger partial charge is 0.312 e. The fraction of sp³-hybridized carbons (Fsp3) is 0.500. The second kappa shape index (κ2) is 5.38. The summed E-state index contributed by atoms with van der Waals surface area (Å²) in [5.74, 6) is 0.689. The lowest BCUT2D eigenvalue weighted by molar-refractivity contribution is 0.385. The minimum Gasteiger partial charge on any atom is -0.312 e. The highest BCUT2D eigenvalue weighted by atomic mass is 35.5. The summed E-state index contributed by atoms with van der Waals surface area (Å²) < 4.78 is 0. The third-order valence-electron chi connectivity index (χ3n) is 2.14. The average molecular weight is 212 g/mol. The second-order valence-electron chi connectivity index (χ2n) is 4.39. The van der Waals surface area contributed by atoms with Gasteiger partial charge in [0.2, 0.25) is 0 Å². The number of benzene rings is 1. The van der Waals surface area contributed by atoms with E-state index in [2.05, 4.69) is 43.4 Å². The van der Waals surface area contributed by atoms with Gasteiger partial charge < -0.3 is 5.32 Å². The Balaban J connectivity index is 2.29. The van der Waals surface area contributed by atoms with E-state index in [0.29, 0.717) is 5.88 Å². The highest BCUT2D eigenvalue weighted by Gasteiger charge is 2.14. The third-order valence-corrected chi connectivity index (χ3v) is 2.86. The molecule has 0 saturated carbocycles. The summed E-state index contributed by atoms with van der Waals surface area (Å²) >= 11 is 5.83. The van der Waals surface area contributed by atoms with Gasteiger partial charge in [0.25, 0.3) is 0 Å². The number of rotatable bonds is 5. The first-order chi connectivity index (χ1) is 6.64. The molecule has 0 aromatic heterocycles. The van der Waals surface area contributed by atoms with Crippen molar-refractivity contribution in [3.8, 4) is 0 Å². The third kappa shape index (κ3) is 4.12. The first-order valence-corrected chi connectivity index (χ1v) is 5.48. The minimum atomic E-state index is 0.177. The van der Waals surface area contributed by atoms with Gasteiger partial charge in [-0.25, -0.2) is 0 Å². The van der Waals surface area contributed by atoms with E-state index < -0.39 is 0 Å². The summed E-state index contributed by atoms with van der Waals surface area (Å²) in [4.78, 5) is 0. The molecule has 0 aliphatic heterocycles. The molecule has 0 aliphatic rings. The van der Waals surface area contributed by atoms with Gasteiger partial charge in [0.1, 0.15) is 0 Å². The molecule has 14 heavy (non-hydrogen) atoms. The predicted octanol–water partition coefficient (Wildman–Crippen LogP) is 3.04. The standard InChI is InChI=1S/C12H18ClN/c1-12(2,9-13)10-14-8-11-6-4-3-5-7-11/h3-7,14H,8-10H2,1-2H3. The molecule has 0 unspecified atom stereocenters. The summed E-state index contributed by atoms with van der Waals surface area (Å²) in [5, 5.41) is 3.41. The average Bonchev–Trinajstić information content (AvgIpc) is 2.19. The molecular weight excluding hydrogens is 194 g/mol. The van der Waals surface area contributed by atoms with Gasteiger partial charge in [-0.05, 0) is 11.0 Å². The molecule has 0 saturated heterocycles. The van der Waals surface area contributed by atoms with Crippen molar-refractivity contribution in [3.63, 3.8) is 0 Å². The zero-order valence-electron chi connectivity index (χ0n) is 8.89. The van der Waals surface area contributed by atoms with Crippen molar-refractivity contribution in [1.82, 2.24) is 5.32 Å². The smallest absolute Gasteiger partial charge is 0.0286 e. The summed E-state index contributed by atoms with van der Waals surface area (Å²) in [7, 11) is 0. The lowest BCUT2D eigenvalue weighted by atomic mass is 9.96. The van der Waals surface area contributed by atoms with Crippen LogP contribution in [0.3, 0.4) is 0 Å². The maximum Gasteiger partial charge on any atom is 0.0286 e. The van der Waals surface area contributed by atoms with Gasteiger partial charge in [-0.15, -0.1) is 11.6 Å². The molecular formula is C12H18ClN. The van der Waals surface area contributed by atoms with Crippen molar-refractivity contribution in [3.05, 3.63) is 35.9 Å². The fourth-order valence-corrected chi connectivity index (χ4v) is 1.28. The van der Waals surface area contributed by atoms with Crippen LogP contribution in [0.1, 0.15) is 19.4 Å². The van der Waals surface area contributed by atoms with E-state index in [9.17, 15) is 0 Å². The molecule has 0 spiro atoms. The summed E-state index contributed by atoms with van der Waals surface area (Å²) in [6.07, 6.45) is 0. The first-order valence-electron chi connectivity index (χ1n) is 4.95. The van der Waals surface area contributed by atoms with Crippen molar-refractivity contribution in [1.29, 1.82) is 0 Å². The monoisotopic (exact) mass is 211 g/mol. The number of alkyl halides is 1. The van der Waals surface area contributed by atoms with E-state index in [0.717, 1.165) is 13.1 Å². The van der Waals surface area contributed by atoms with Gasteiger partial charge in [-0.2, -0.15) is 0 Å². The quantitative estimate of drug-likeness (QED) is 0.739. The number of nitrogens with one attached hydrogen (secondary N) is 1. The Bertz CT molecular complexity index is 256. The summed E-state index contributed by atoms with van der Waals surface area (Å²) in [6, 6.07) is 10.4. The van der Waals surface area contributed by atoms with E-state index in [-0.39, 0.29) is 5.41 Å². The van der Waals surface area contributed by atoms with E-state index in [1.807, 2.05) is 6.07 Å². The SMILES string of the molecule is CC(C)(CCl)CNCc1ccccc1. The van der Waals surface area contributed by atoms with Crippen molar-refractivity contribution in [2.75, 3.05) is 12.4 Å². The number of hydrogen-bond acceptors (Lipinski definition) is 1. The maximum atomic E-state index is 5.83. The highest BCUT2D eigenvalue weighted by molar-refractivity contribution is 6.18. The molecule has 0 atom stereocenters. The highest BCUT2D eigenvalue weighted by Crippen LogP contribution is 2.15. The van der Waals surface area contributed by atoms with Crippen molar-refractivity contribution >= 4 is 11.6 Å². The van der Waals surface area contributed by atoms with Gasteiger partial charge >= 0.3 is 0 Å². The van der Waals surface area contributed by atoms with Crippen molar-refractivity contribution in [2.45, 2.75) is 20.4 Å². The normalized spacial score (nSPS) is 11.6. The van der Waals surface area contributed by atoms with E-state index in [1.165, 1.54) is 5.56 Å². The van der Waals surface area contributed by atoms with Crippen LogP contribution in [-0.2, 0) is 6.54 Å². The molecule has 78 valence electrons. The molecule has 0 bridgehead atoms. The summed E-state index contributed by atoms with van der Waals surface area (Å²) in [5.41, 5.74) is 1.49. The van der Waals surface area contributed by atoms with E-state index in [1.54, 1.807) is 0 Å². The van der Waals surface area contributed by atoms with Gasteiger partial charge in [-0.1, -0.05) is 44.2 Å². The fourth-order valence-electron chi connectivity index (χ4n) is 1.19. The van der Waals surface area contributed by atoms with Crippen LogP contribution in [0.5, 0.6) is 0 Å². The zero-order chi connectivity index (χ0) is 10.4. The Kier molecular flexibility index (Phi) is 4.43. The van der Waals surface area contributed by atoms with Crippen LogP contribution in [0.15, 0.2) is 30.3 Å². The molecule has 2 heteroatoms. The molecule has 0 amide bonds. The Labute approximate surface area is 91.5 Å². The van der Waals surface area contributed by atoms with Gasteiger partial charge in [0.15, 0.2) is 0 Å². The Morgan fingerprint density at radius 3 is 2.43 bits per heavy atom. The van der Waals surface area contributed by atoms with Gasteiger partial charge in [-0.3, -0.25) is 0 Å². The maximum absolute atomic E-state index is 5.83. The van der Waals surface area contributed by atoms with Crippen LogP contribution in [0.4, 0.5) is 0 Å². The predicted molar refractivity (Wildman–Crippen MR) is 62.6 cm³/mol. The van der Waals surface area contributed by atoms with Crippen LogP contribution in [-0.4, -0.2) is 12.4 Å². The molecule has 1 aromatic carbocycles. The van der Waals surface area contributed by atoms with Crippen LogP contribution in [0, 0.1) is 5.41 Å². The molecule has 1 nitrogen and oxygen atoms in total. The minimum absolute atomic E-state index is 0.177. The van der Waals surface area contributed by atoms with Gasteiger partial charge in [0, 0.05) is 19.0 Å². The van der Waals surface area contributed by atoms with Crippen LogP contribution in [0.25, 0.3) is 0 Å². The Morgan fingerprint density at radius 2 is 1.86 bits per heavy atom. The number of hydrogen-bond donors (Lipinski definition) is 1. The molecule has 0 fully saturated rings. The number of halogens is 1. The Hall–Kier alpha value is -0.530. The topological polar surface area (TPSA) is 12.0 Å². The van der Waals surface area contributed by atoms with Crippen molar-refractivity contribution in [2.24, 2.45) is 5.41 Å². The lowest BCUT2D eigenvalue weighted by Gasteiger charge is -2.21. The van der Waals surface area contributed by atoms with Crippen LogP contribution < -0.4 is 5.32 Å². The van der Waals surface area contributed by atoms with Crippen molar-refractivity contribution < 1.29 is 0 Å². The molecule has 1 aromatic rings. The van der Waals surface area contributed by atoms with E-state index >= 15 is 0 Å². The first kappa shape index (κ1) is 11.5. The molecule has 0 heterocycles. The molecule has 1 rings (SSSR count). The molecule has 1 N–H and O–H groups in total. The van der Waals surface area contributed by atoms with Crippen LogP contribution in [0.2, 0.25) is 0 Å². The zero-order valence-corrected chi connectivity index (χ0v) is 9.64. The van der Waals surface area contributed by atoms with Crippen LogP contribution >= 0.6 is 11.6 Å². The molecule has 0 radical (unpaired) electrons. The summed E-state index contributed by atoms with van der Waals surface area (Å²) in [6.45, 7) is 6.20.